The number of terminal acetylenes is 1. The zero-order valence-corrected chi connectivity index (χ0v) is 10.9. The standard InChI is InChI=1S/C13H19N3O2/c1-4-7-16-11(17)15-10(14)13(16)6-8-18-12(3,5-2)9-13/h1H,5-9H2,2-3H3,(H2,14,15,17). The summed E-state index contributed by atoms with van der Waals surface area (Å²) in [6.07, 6.45) is 7.51. The molecule has 0 saturated carbocycles. The van der Waals surface area contributed by atoms with Crippen LogP contribution in [-0.2, 0) is 4.74 Å². The van der Waals surface area contributed by atoms with Gasteiger partial charge in [0.25, 0.3) is 0 Å². The second-order valence-electron chi connectivity index (χ2n) is 5.18. The molecule has 0 aromatic heterocycles. The van der Waals surface area contributed by atoms with Crippen molar-refractivity contribution >= 4 is 11.9 Å². The number of urea groups is 1. The molecule has 2 aliphatic heterocycles. The van der Waals surface area contributed by atoms with E-state index >= 15 is 0 Å². The van der Waals surface area contributed by atoms with Crippen LogP contribution in [0.25, 0.3) is 0 Å². The number of hydrogen-bond donors (Lipinski definition) is 1. The zero-order chi connectivity index (χ0) is 13.4. The maximum Gasteiger partial charge on any atom is 0.346 e. The molecule has 2 amide bonds. The molecule has 0 aliphatic carbocycles. The summed E-state index contributed by atoms with van der Waals surface area (Å²) < 4.78 is 5.81. The Morgan fingerprint density at radius 2 is 2.39 bits per heavy atom. The first-order chi connectivity index (χ1) is 8.47. The van der Waals surface area contributed by atoms with Crippen molar-refractivity contribution in [1.82, 2.24) is 4.90 Å². The summed E-state index contributed by atoms with van der Waals surface area (Å²) in [5.41, 5.74) is 5.16. The van der Waals surface area contributed by atoms with Gasteiger partial charge in [-0.25, -0.2) is 4.79 Å². The number of nitrogens with two attached hydrogens (primary N) is 1. The number of carbonyl (C=O) groups excluding carboxylic acids is 1. The van der Waals surface area contributed by atoms with E-state index in [9.17, 15) is 4.79 Å². The predicted octanol–water partition coefficient (Wildman–Crippen LogP) is 1.13. The maximum absolute atomic E-state index is 11.9. The highest BCUT2D eigenvalue weighted by atomic mass is 16.5. The Morgan fingerprint density at radius 1 is 1.67 bits per heavy atom. The lowest BCUT2D eigenvalue weighted by Crippen LogP contribution is -2.61. The van der Waals surface area contributed by atoms with Gasteiger partial charge < -0.3 is 10.5 Å². The molecule has 2 rings (SSSR count). The largest absolute Gasteiger partial charge is 0.385 e. The van der Waals surface area contributed by atoms with Crippen molar-refractivity contribution in [1.29, 1.82) is 0 Å². The van der Waals surface area contributed by atoms with Crippen molar-refractivity contribution in [2.24, 2.45) is 10.7 Å². The Hall–Kier alpha value is -1.54. The minimum atomic E-state index is -0.549. The minimum Gasteiger partial charge on any atom is -0.385 e. The molecule has 1 spiro atoms. The lowest BCUT2D eigenvalue weighted by Gasteiger charge is -2.47. The Labute approximate surface area is 107 Å². The van der Waals surface area contributed by atoms with E-state index in [2.05, 4.69) is 17.8 Å². The summed E-state index contributed by atoms with van der Waals surface area (Å²) >= 11 is 0. The van der Waals surface area contributed by atoms with Gasteiger partial charge in [0.2, 0.25) is 0 Å². The van der Waals surface area contributed by atoms with Crippen molar-refractivity contribution < 1.29 is 9.53 Å². The van der Waals surface area contributed by atoms with Gasteiger partial charge in [0, 0.05) is 19.4 Å². The van der Waals surface area contributed by atoms with E-state index in [1.165, 1.54) is 0 Å². The molecule has 0 radical (unpaired) electrons. The molecule has 5 heteroatoms. The van der Waals surface area contributed by atoms with Gasteiger partial charge in [-0.05, 0) is 13.3 Å². The van der Waals surface area contributed by atoms with E-state index in [1.54, 1.807) is 4.90 Å². The first-order valence-corrected chi connectivity index (χ1v) is 6.21. The van der Waals surface area contributed by atoms with Crippen molar-refractivity contribution in [3.63, 3.8) is 0 Å². The number of hydrogen-bond acceptors (Lipinski definition) is 3. The number of aliphatic imine (C=N–C) groups is 1. The van der Waals surface area contributed by atoms with Gasteiger partial charge in [0.15, 0.2) is 0 Å². The number of rotatable bonds is 2. The van der Waals surface area contributed by atoms with Crippen LogP contribution in [0.2, 0.25) is 0 Å². The number of amides is 2. The molecule has 2 N–H and O–H groups in total. The van der Waals surface area contributed by atoms with Gasteiger partial charge in [-0.3, -0.25) is 4.90 Å². The Bertz CT molecular complexity index is 440. The highest BCUT2D eigenvalue weighted by Gasteiger charge is 2.53. The molecular weight excluding hydrogens is 230 g/mol. The number of carbonyl (C=O) groups is 1. The molecule has 1 fully saturated rings. The van der Waals surface area contributed by atoms with E-state index in [0.717, 1.165) is 6.42 Å². The quantitative estimate of drug-likeness (QED) is 0.746. The fourth-order valence-corrected chi connectivity index (χ4v) is 2.80. The Morgan fingerprint density at radius 3 is 3.00 bits per heavy atom. The van der Waals surface area contributed by atoms with Crippen molar-refractivity contribution in [3.8, 4) is 12.3 Å². The van der Waals surface area contributed by atoms with E-state index in [4.69, 9.17) is 16.9 Å². The summed E-state index contributed by atoms with van der Waals surface area (Å²) in [4.78, 5) is 17.4. The van der Waals surface area contributed by atoms with Crippen LogP contribution in [0.15, 0.2) is 4.99 Å². The monoisotopic (exact) mass is 249 g/mol. The molecule has 2 heterocycles. The van der Waals surface area contributed by atoms with Gasteiger partial charge in [0.1, 0.15) is 11.4 Å². The second kappa shape index (κ2) is 4.29. The van der Waals surface area contributed by atoms with Gasteiger partial charge in [-0.1, -0.05) is 12.8 Å². The van der Waals surface area contributed by atoms with Crippen LogP contribution in [0, 0.1) is 12.3 Å². The highest BCUT2D eigenvalue weighted by molar-refractivity contribution is 6.06. The highest BCUT2D eigenvalue weighted by Crippen LogP contribution is 2.41. The summed E-state index contributed by atoms with van der Waals surface area (Å²) in [6.45, 7) is 4.91. The van der Waals surface area contributed by atoms with Gasteiger partial charge in [-0.2, -0.15) is 4.99 Å². The number of ether oxygens (including phenoxy) is 1. The molecule has 98 valence electrons. The zero-order valence-electron chi connectivity index (χ0n) is 10.9. The molecule has 0 aromatic rings. The van der Waals surface area contributed by atoms with Crippen LogP contribution in [-0.4, -0.2) is 41.1 Å². The van der Waals surface area contributed by atoms with Crippen molar-refractivity contribution in [3.05, 3.63) is 0 Å². The van der Waals surface area contributed by atoms with Crippen LogP contribution < -0.4 is 5.73 Å². The van der Waals surface area contributed by atoms with Gasteiger partial charge >= 0.3 is 6.03 Å². The topological polar surface area (TPSA) is 67.9 Å². The molecule has 5 nitrogen and oxygen atoms in total. The molecule has 18 heavy (non-hydrogen) atoms. The summed E-state index contributed by atoms with van der Waals surface area (Å²) in [5.74, 6) is 2.89. The van der Waals surface area contributed by atoms with Gasteiger partial charge in [0.05, 0.1) is 12.1 Å². The van der Waals surface area contributed by atoms with E-state index < -0.39 is 5.54 Å². The Kier molecular flexibility index (Phi) is 3.07. The molecular formula is C13H19N3O2. The third-order valence-corrected chi connectivity index (χ3v) is 4.07. The third-order valence-electron chi connectivity index (χ3n) is 4.07. The molecule has 2 atom stereocenters. The normalized spacial score (nSPS) is 35.7. The maximum atomic E-state index is 11.9. The first kappa shape index (κ1) is 12.9. The molecule has 2 aliphatic rings. The van der Waals surface area contributed by atoms with Crippen molar-refractivity contribution in [2.45, 2.75) is 44.2 Å². The van der Waals surface area contributed by atoms with E-state index in [-0.39, 0.29) is 18.2 Å². The molecule has 1 saturated heterocycles. The van der Waals surface area contributed by atoms with E-state index in [1.807, 2.05) is 6.92 Å². The van der Waals surface area contributed by atoms with E-state index in [0.29, 0.717) is 25.3 Å². The average Bonchev–Trinajstić information content (AvgIpc) is 2.54. The summed E-state index contributed by atoms with van der Waals surface area (Å²) in [5, 5.41) is 0. The van der Waals surface area contributed by atoms with Crippen LogP contribution in [0.1, 0.15) is 33.1 Å². The molecule has 2 unspecified atom stereocenters. The fraction of sp³-hybridized carbons (Fsp3) is 0.692. The third kappa shape index (κ3) is 1.77. The summed E-state index contributed by atoms with van der Waals surface area (Å²) in [7, 11) is 0. The Balaban J connectivity index is 2.36. The SMILES string of the molecule is C#CCN1C(=O)N=C(N)C12CCOC(C)(CC)C2. The lowest BCUT2D eigenvalue weighted by atomic mass is 9.78. The van der Waals surface area contributed by atoms with Crippen LogP contribution in [0.4, 0.5) is 4.79 Å². The number of amidine groups is 1. The smallest absolute Gasteiger partial charge is 0.346 e. The fourth-order valence-electron chi connectivity index (χ4n) is 2.80. The van der Waals surface area contributed by atoms with Crippen molar-refractivity contribution in [2.75, 3.05) is 13.2 Å². The molecule has 0 aromatic carbocycles. The predicted molar refractivity (Wildman–Crippen MR) is 69.2 cm³/mol. The van der Waals surface area contributed by atoms with Crippen LogP contribution in [0.5, 0.6) is 0 Å². The van der Waals surface area contributed by atoms with Crippen LogP contribution in [0.3, 0.4) is 0 Å². The second-order valence-corrected chi connectivity index (χ2v) is 5.18. The van der Waals surface area contributed by atoms with Crippen LogP contribution >= 0.6 is 0 Å². The minimum absolute atomic E-state index is 0.239. The lowest BCUT2D eigenvalue weighted by molar-refractivity contribution is -0.101. The number of nitrogens with zero attached hydrogens (tertiary/aromatic N) is 2. The average molecular weight is 249 g/mol. The molecule has 0 bridgehead atoms. The summed E-state index contributed by atoms with van der Waals surface area (Å²) in [6, 6.07) is -0.328. The first-order valence-electron chi connectivity index (χ1n) is 6.21. The van der Waals surface area contributed by atoms with Gasteiger partial charge in [-0.15, -0.1) is 6.42 Å².